The summed E-state index contributed by atoms with van der Waals surface area (Å²) in [7, 11) is 1.39. The fourth-order valence-electron chi connectivity index (χ4n) is 2.36. The van der Waals surface area contributed by atoms with Crippen molar-refractivity contribution >= 4 is 17.8 Å². The first-order valence-electron chi connectivity index (χ1n) is 7.17. The van der Waals surface area contributed by atoms with Gasteiger partial charge in [0, 0.05) is 32.0 Å². The second-order valence-corrected chi connectivity index (χ2v) is 5.61. The zero-order valence-electron chi connectivity index (χ0n) is 12.8. The Balaban J connectivity index is 2.48. The normalized spacial score (nSPS) is 17.6. The lowest BCUT2D eigenvalue weighted by Gasteiger charge is -2.32. The summed E-state index contributed by atoms with van der Waals surface area (Å²) >= 11 is 0. The predicted octanol–water partition coefficient (Wildman–Crippen LogP) is 0.0968. The van der Waals surface area contributed by atoms with Gasteiger partial charge < -0.3 is 20.1 Å². The molecule has 0 aromatic carbocycles. The van der Waals surface area contributed by atoms with Crippen molar-refractivity contribution in [2.24, 2.45) is 11.8 Å². The molecule has 120 valence electrons. The van der Waals surface area contributed by atoms with Crippen LogP contribution in [0.25, 0.3) is 0 Å². The molecule has 1 rings (SSSR count). The maximum absolute atomic E-state index is 12.1. The molecule has 2 amide bonds. The summed E-state index contributed by atoms with van der Waals surface area (Å²) < 4.78 is 4.78. The van der Waals surface area contributed by atoms with Crippen LogP contribution in [0, 0.1) is 11.8 Å². The van der Waals surface area contributed by atoms with E-state index in [1.807, 2.05) is 13.8 Å². The third-order valence-corrected chi connectivity index (χ3v) is 3.62. The molecule has 0 aromatic heterocycles. The molecule has 1 saturated heterocycles. The monoisotopic (exact) mass is 300 g/mol. The molecule has 7 nitrogen and oxygen atoms in total. The van der Waals surface area contributed by atoms with Gasteiger partial charge in [-0.25, -0.2) is 4.79 Å². The molecule has 1 heterocycles. The third kappa shape index (κ3) is 5.00. The fourth-order valence-corrected chi connectivity index (χ4v) is 2.36. The quantitative estimate of drug-likeness (QED) is 0.725. The van der Waals surface area contributed by atoms with E-state index in [2.05, 4.69) is 5.32 Å². The molecule has 0 aliphatic carbocycles. The number of amides is 2. The number of nitrogens with one attached hydrogen (secondary N) is 1. The Morgan fingerprint density at radius 3 is 2.29 bits per heavy atom. The summed E-state index contributed by atoms with van der Waals surface area (Å²) in [6.45, 7) is 4.71. The van der Waals surface area contributed by atoms with Gasteiger partial charge in [-0.2, -0.15) is 0 Å². The Bertz CT molecular complexity index is 389. The largest absolute Gasteiger partial charge is 0.480 e. The lowest BCUT2D eigenvalue weighted by molar-refractivity contribution is -0.144. The zero-order chi connectivity index (χ0) is 16.0. The number of carboxylic acid groups (broad SMARTS) is 1. The van der Waals surface area contributed by atoms with Crippen molar-refractivity contribution < 1.29 is 24.2 Å². The van der Waals surface area contributed by atoms with Crippen LogP contribution in [0.2, 0.25) is 0 Å². The number of hydrogen-bond donors (Lipinski definition) is 2. The van der Waals surface area contributed by atoms with Crippen molar-refractivity contribution in [3.63, 3.8) is 0 Å². The van der Waals surface area contributed by atoms with Crippen LogP contribution in [-0.4, -0.2) is 60.6 Å². The highest BCUT2D eigenvalue weighted by Crippen LogP contribution is 2.19. The Kier molecular flexibility index (Phi) is 6.61. The number of nitrogens with zero attached hydrogens (tertiary/aromatic N) is 1. The van der Waals surface area contributed by atoms with Gasteiger partial charge in [-0.15, -0.1) is 0 Å². The average Bonchev–Trinajstić information content (AvgIpc) is 2.45. The second-order valence-electron chi connectivity index (χ2n) is 5.61. The predicted molar refractivity (Wildman–Crippen MR) is 75.6 cm³/mol. The van der Waals surface area contributed by atoms with Crippen LogP contribution >= 0.6 is 0 Å². The van der Waals surface area contributed by atoms with E-state index in [1.165, 1.54) is 7.11 Å². The van der Waals surface area contributed by atoms with E-state index < -0.39 is 12.0 Å². The molecule has 2 N–H and O–H groups in total. The van der Waals surface area contributed by atoms with Crippen molar-refractivity contribution in [3.8, 4) is 0 Å². The highest BCUT2D eigenvalue weighted by molar-refractivity contribution is 5.85. The van der Waals surface area contributed by atoms with Gasteiger partial charge in [0.1, 0.15) is 0 Å². The number of rotatable bonds is 6. The standard InChI is InChI=1S/C14H24N2O5/c1-9(2)13(18)16-6-4-10(5-7-16)12(17)15-11(8-21-3)14(19)20/h9-11H,4-8H2,1-3H3,(H,15,17)(H,19,20). The van der Waals surface area contributed by atoms with Crippen LogP contribution in [0.15, 0.2) is 0 Å². The van der Waals surface area contributed by atoms with E-state index in [0.717, 1.165) is 0 Å². The SMILES string of the molecule is COCC(NC(=O)C1CCN(C(=O)C(C)C)CC1)C(=O)O. The van der Waals surface area contributed by atoms with Crippen molar-refractivity contribution in [2.45, 2.75) is 32.7 Å². The zero-order valence-corrected chi connectivity index (χ0v) is 12.8. The minimum absolute atomic E-state index is 0.0477. The molecule has 1 atom stereocenters. The summed E-state index contributed by atoms with van der Waals surface area (Å²) in [6, 6.07) is -1.03. The topological polar surface area (TPSA) is 95.9 Å². The summed E-state index contributed by atoms with van der Waals surface area (Å²) in [5.74, 6) is -1.60. The highest BCUT2D eigenvalue weighted by atomic mass is 16.5. The van der Waals surface area contributed by atoms with Gasteiger partial charge >= 0.3 is 5.97 Å². The summed E-state index contributed by atoms with van der Waals surface area (Å²) in [5, 5.41) is 11.5. The number of ether oxygens (including phenoxy) is 1. The van der Waals surface area contributed by atoms with E-state index in [9.17, 15) is 14.4 Å². The number of aliphatic carboxylic acids is 1. The van der Waals surface area contributed by atoms with Gasteiger partial charge in [0.15, 0.2) is 6.04 Å². The van der Waals surface area contributed by atoms with E-state index in [0.29, 0.717) is 25.9 Å². The molecule has 1 aliphatic heterocycles. The molecule has 1 fully saturated rings. The van der Waals surface area contributed by atoms with Crippen LogP contribution in [0.1, 0.15) is 26.7 Å². The molecule has 1 unspecified atom stereocenters. The van der Waals surface area contributed by atoms with Crippen LogP contribution in [0.3, 0.4) is 0 Å². The molecule has 0 bridgehead atoms. The molecule has 7 heteroatoms. The summed E-state index contributed by atoms with van der Waals surface area (Å²) in [6.07, 6.45) is 1.12. The molecule has 1 aliphatic rings. The number of likely N-dealkylation sites (tertiary alicyclic amines) is 1. The molecular weight excluding hydrogens is 276 g/mol. The summed E-state index contributed by atoms with van der Waals surface area (Å²) in [4.78, 5) is 36.7. The number of carboxylic acids is 1. The van der Waals surface area contributed by atoms with E-state index in [4.69, 9.17) is 9.84 Å². The van der Waals surface area contributed by atoms with Crippen molar-refractivity contribution in [2.75, 3.05) is 26.8 Å². The van der Waals surface area contributed by atoms with Gasteiger partial charge in [0.05, 0.1) is 6.61 Å². The van der Waals surface area contributed by atoms with Crippen LogP contribution in [-0.2, 0) is 19.1 Å². The maximum Gasteiger partial charge on any atom is 0.328 e. The number of hydrogen-bond acceptors (Lipinski definition) is 4. The minimum Gasteiger partial charge on any atom is -0.480 e. The molecular formula is C14H24N2O5. The summed E-state index contributed by atoms with van der Waals surface area (Å²) in [5.41, 5.74) is 0. The van der Waals surface area contributed by atoms with E-state index in [-0.39, 0.29) is 30.3 Å². The first-order chi connectivity index (χ1) is 9.86. The van der Waals surface area contributed by atoms with Crippen molar-refractivity contribution in [1.82, 2.24) is 10.2 Å². The Morgan fingerprint density at radius 1 is 1.29 bits per heavy atom. The number of methoxy groups -OCH3 is 1. The molecule has 0 spiro atoms. The van der Waals surface area contributed by atoms with E-state index in [1.54, 1.807) is 4.90 Å². The molecule has 0 saturated carbocycles. The van der Waals surface area contributed by atoms with Crippen LogP contribution < -0.4 is 5.32 Å². The number of carbonyl (C=O) groups is 3. The smallest absolute Gasteiger partial charge is 0.328 e. The lowest BCUT2D eigenvalue weighted by Crippen LogP contribution is -2.49. The van der Waals surface area contributed by atoms with Crippen LogP contribution in [0.4, 0.5) is 0 Å². The molecule has 21 heavy (non-hydrogen) atoms. The first-order valence-corrected chi connectivity index (χ1v) is 7.17. The van der Waals surface area contributed by atoms with Gasteiger partial charge in [0.2, 0.25) is 11.8 Å². The van der Waals surface area contributed by atoms with Gasteiger partial charge in [0.25, 0.3) is 0 Å². The maximum atomic E-state index is 12.1. The average molecular weight is 300 g/mol. The van der Waals surface area contributed by atoms with E-state index >= 15 is 0 Å². The number of carbonyl (C=O) groups excluding carboxylic acids is 2. The van der Waals surface area contributed by atoms with Gasteiger partial charge in [-0.3, -0.25) is 9.59 Å². The fraction of sp³-hybridized carbons (Fsp3) is 0.786. The van der Waals surface area contributed by atoms with Crippen molar-refractivity contribution in [3.05, 3.63) is 0 Å². The number of piperidine rings is 1. The second kappa shape index (κ2) is 7.97. The lowest BCUT2D eigenvalue weighted by atomic mass is 9.95. The minimum atomic E-state index is -1.11. The third-order valence-electron chi connectivity index (χ3n) is 3.62. The highest BCUT2D eigenvalue weighted by Gasteiger charge is 2.30. The Morgan fingerprint density at radius 2 is 1.86 bits per heavy atom. The van der Waals surface area contributed by atoms with Gasteiger partial charge in [-0.1, -0.05) is 13.8 Å². The first kappa shape index (κ1) is 17.4. The Labute approximate surface area is 124 Å². The Hall–Kier alpha value is -1.63. The molecule has 0 radical (unpaired) electrons. The molecule has 0 aromatic rings. The van der Waals surface area contributed by atoms with Crippen molar-refractivity contribution in [1.29, 1.82) is 0 Å². The van der Waals surface area contributed by atoms with Gasteiger partial charge in [-0.05, 0) is 12.8 Å². The van der Waals surface area contributed by atoms with Crippen LogP contribution in [0.5, 0.6) is 0 Å².